The molecular weight excluding hydrogens is 555 g/mol. The van der Waals surface area contributed by atoms with Crippen molar-refractivity contribution >= 4 is 6.08 Å². The van der Waals surface area contributed by atoms with Crippen molar-refractivity contribution in [2.24, 2.45) is 22.7 Å². The van der Waals surface area contributed by atoms with Crippen molar-refractivity contribution in [3.63, 3.8) is 0 Å². The second kappa shape index (κ2) is 9.35. The molecule has 1 aromatic rings. The molecule has 1 spiro atoms. The third kappa shape index (κ3) is 4.20. The van der Waals surface area contributed by atoms with Crippen LogP contribution < -0.4 is 0 Å². The molecule has 4 nitrogen and oxygen atoms in total. The first-order valence-electron chi connectivity index (χ1n) is 15.0. The molecule has 6 atom stereocenters. The van der Waals surface area contributed by atoms with Gasteiger partial charge in [-0.15, -0.1) is 0 Å². The predicted octanol–water partition coefficient (Wildman–Crippen LogP) is 7.55. The van der Waals surface area contributed by atoms with Crippen LogP contribution in [0.15, 0.2) is 42.0 Å². The summed E-state index contributed by atoms with van der Waals surface area (Å²) in [5.41, 5.74) is -2.98. The van der Waals surface area contributed by atoms with Crippen molar-refractivity contribution < 1.29 is 41.6 Å². The first-order valence-corrected chi connectivity index (χ1v) is 15.0. The van der Waals surface area contributed by atoms with Gasteiger partial charge in [0, 0.05) is 29.6 Å². The Bertz CT molecular complexity index is 1290. The van der Waals surface area contributed by atoms with Crippen LogP contribution in [0.1, 0.15) is 89.2 Å². The molecule has 9 heteroatoms. The van der Waals surface area contributed by atoms with Gasteiger partial charge in [-0.1, -0.05) is 63.3 Å². The summed E-state index contributed by atoms with van der Waals surface area (Å²) in [7, 11) is 0. The highest BCUT2D eigenvalue weighted by molar-refractivity contribution is 5.51. The summed E-state index contributed by atoms with van der Waals surface area (Å²) >= 11 is 0. The van der Waals surface area contributed by atoms with E-state index < -0.39 is 52.8 Å². The molecule has 5 aliphatic rings. The molecule has 1 aliphatic heterocycles. The molecule has 1 aromatic carbocycles. The third-order valence-corrected chi connectivity index (χ3v) is 11.4. The fourth-order valence-corrected chi connectivity index (χ4v) is 9.21. The largest absolute Gasteiger partial charge is 0.456 e. The molecule has 3 unspecified atom stereocenters. The maximum absolute atomic E-state index is 15.2. The van der Waals surface area contributed by atoms with E-state index in [9.17, 15) is 23.4 Å². The van der Waals surface area contributed by atoms with Crippen LogP contribution in [-0.2, 0) is 9.47 Å². The van der Waals surface area contributed by atoms with Crippen LogP contribution in [-0.4, -0.2) is 52.5 Å². The molecule has 4 fully saturated rings. The minimum Gasteiger partial charge on any atom is -0.385 e. The molecule has 0 radical (unpaired) electrons. The van der Waals surface area contributed by atoms with E-state index in [1.807, 2.05) is 24.3 Å². The molecular formula is C33H41F5O4. The monoisotopic (exact) mass is 596 g/mol. The van der Waals surface area contributed by atoms with E-state index in [1.54, 1.807) is 6.08 Å². The third-order valence-electron chi connectivity index (χ3n) is 11.4. The minimum absolute atomic E-state index is 0.0587. The summed E-state index contributed by atoms with van der Waals surface area (Å²) in [5.74, 6) is -7.65. The van der Waals surface area contributed by atoms with Gasteiger partial charge in [0.15, 0.2) is 5.79 Å². The maximum Gasteiger partial charge on any atom is 0.456 e. The normalized spacial score (nSPS) is 39.4. The second-order valence-corrected chi connectivity index (χ2v) is 14.6. The second-order valence-electron chi connectivity index (χ2n) is 14.6. The van der Waals surface area contributed by atoms with Crippen LogP contribution in [0.5, 0.6) is 0 Å². The SMILES string of the molecule is C=Cc1cccc([C@H]2C[C@@]3(C)C(CC[C@@]3(O)C(F)(F)C(F)(F)F)C3CCC4(O)CC5(CCC4=C32)OCC(C)(C)CO5)c1. The first kappa shape index (κ1) is 30.2. The Morgan fingerprint density at radius 2 is 1.67 bits per heavy atom. The summed E-state index contributed by atoms with van der Waals surface area (Å²) < 4.78 is 84.4. The van der Waals surface area contributed by atoms with Gasteiger partial charge in [0.25, 0.3) is 0 Å². The molecule has 2 N–H and O–H groups in total. The van der Waals surface area contributed by atoms with Gasteiger partial charge in [0.2, 0.25) is 0 Å². The molecule has 0 bridgehead atoms. The lowest BCUT2D eigenvalue weighted by molar-refractivity contribution is -0.362. The Labute approximate surface area is 244 Å². The van der Waals surface area contributed by atoms with Crippen LogP contribution in [0.2, 0.25) is 0 Å². The average Bonchev–Trinajstić information content (AvgIpc) is 3.20. The van der Waals surface area contributed by atoms with Crippen molar-refractivity contribution in [3.05, 3.63) is 53.1 Å². The molecule has 4 aliphatic carbocycles. The van der Waals surface area contributed by atoms with E-state index in [2.05, 4.69) is 20.4 Å². The predicted molar refractivity (Wildman–Crippen MR) is 148 cm³/mol. The molecule has 1 saturated heterocycles. The highest BCUT2D eigenvalue weighted by Gasteiger charge is 2.79. The average molecular weight is 597 g/mol. The lowest BCUT2D eigenvalue weighted by Crippen LogP contribution is -2.65. The summed E-state index contributed by atoms with van der Waals surface area (Å²) in [5, 5.41) is 23.7. The van der Waals surface area contributed by atoms with Gasteiger partial charge in [0.05, 0.1) is 18.8 Å². The van der Waals surface area contributed by atoms with Crippen LogP contribution in [0, 0.1) is 22.7 Å². The maximum atomic E-state index is 15.2. The molecule has 232 valence electrons. The van der Waals surface area contributed by atoms with Crippen molar-refractivity contribution in [1.82, 2.24) is 0 Å². The van der Waals surface area contributed by atoms with Crippen molar-refractivity contribution in [1.29, 1.82) is 0 Å². The number of alkyl halides is 5. The summed E-state index contributed by atoms with van der Waals surface area (Å²) in [6, 6.07) is 7.41. The van der Waals surface area contributed by atoms with Gasteiger partial charge in [-0.05, 0) is 67.1 Å². The Hall–Kier alpha value is -1.81. The summed E-state index contributed by atoms with van der Waals surface area (Å²) in [4.78, 5) is 0. The Morgan fingerprint density at radius 1 is 0.976 bits per heavy atom. The van der Waals surface area contributed by atoms with E-state index in [0.29, 0.717) is 38.9 Å². The van der Waals surface area contributed by atoms with E-state index in [4.69, 9.17) is 9.47 Å². The number of rotatable bonds is 3. The fraction of sp³-hybridized carbons (Fsp3) is 0.697. The first-order chi connectivity index (χ1) is 19.4. The molecule has 6 rings (SSSR count). The van der Waals surface area contributed by atoms with Crippen molar-refractivity contribution in [2.45, 2.75) is 107 Å². The zero-order valence-corrected chi connectivity index (χ0v) is 24.5. The van der Waals surface area contributed by atoms with Gasteiger partial charge in [0.1, 0.15) is 5.60 Å². The van der Waals surface area contributed by atoms with Crippen LogP contribution in [0.3, 0.4) is 0 Å². The van der Waals surface area contributed by atoms with Crippen LogP contribution >= 0.6 is 0 Å². The van der Waals surface area contributed by atoms with Crippen LogP contribution in [0.4, 0.5) is 22.0 Å². The van der Waals surface area contributed by atoms with Crippen molar-refractivity contribution in [3.8, 4) is 0 Å². The highest BCUT2D eigenvalue weighted by Crippen LogP contribution is 2.71. The number of hydrogen-bond acceptors (Lipinski definition) is 4. The van der Waals surface area contributed by atoms with Gasteiger partial charge < -0.3 is 19.7 Å². The lowest BCUT2D eigenvalue weighted by Gasteiger charge is -2.59. The molecule has 42 heavy (non-hydrogen) atoms. The van der Waals surface area contributed by atoms with E-state index >= 15 is 8.78 Å². The van der Waals surface area contributed by atoms with Gasteiger partial charge >= 0.3 is 12.1 Å². The van der Waals surface area contributed by atoms with Crippen LogP contribution in [0.25, 0.3) is 6.08 Å². The molecule has 3 saturated carbocycles. The van der Waals surface area contributed by atoms with E-state index in [1.165, 1.54) is 6.92 Å². The standard InChI is InChI=1S/C33H41F5O4/c1-5-20-7-6-8-21(15-20)23-16-28(4)24(11-14-31(28,40)32(34,35)33(36,37)38)22-9-12-29(39)17-30(13-10-25(29)26(22)23)41-18-27(2,3)19-42-30/h5-8,15,22-24,39-40H,1,9-14,16-19H2,2-4H3/t22?,23-,24?,28+,29?,31+/m1/s1. The number of halogens is 5. The molecule has 0 amide bonds. The highest BCUT2D eigenvalue weighted by atomic mass is 19.4. The summed E-state index contributed by atoms with van der Waals surface area (Å²) in [6.07, 6.45) is -2.88. The fourth-order valence-electron chi connectivity index (χ4n) is 9.21. The number of hydrogen-bond donors (Lipinski definition) is 2. The van der Waals surface area contributed by atoms with Gasteiger partial charge in [-0.25, -0.2) is 0 Å². The van der Waals surface area contributed by atoms with E-state index in [-0.39, 0.29) is 30.6 Å². The number of aliphatic hydroxyl groups is 2. The number of benzene rings is 1. The molecule has 1 heterocycles. The Balaban J connectivity index is 1.47. The van der Waals surface area contributed by atoms with E-state index in [0.717, 1.165) is 22.3 Å². The lowest BCUT2D eigenvalue weighted by atomic mass is 9.49. The summed E-state index contributed by atoms with van der Waals surface area (Å²) in [6.45, 7) is 10.4. The van der Waals surface area contributed by atoms with Gasteiger partial charge in [-0.3, -0.25) is 0 Å². The number of fused-ring (bicyclic) bond motifs is 4. The van der Waals surface area contributed by atoms with Gasteiger partial charge in [-0.2, -0.15) is 22.0 Å². The number of ether oxygens (including phenoxy) is 2. The molecule has 0 aromatic heterocycles. The Morgan fingerprint density at radius 3 is 2.31 bits per heavy atom. The zero-order valence-electron chi connectivity index (χ0n) is 24.5. The quantitative estimate of drug-likeness (QED) is 0.280. The minimum atomic E-state index is -5.88. The Kier molecular flexibility index (Phi) is 6.73. The number of allylic oxidation sites excluding steroid dienone is 1. The smallest absolute Gasteiger partial charge is 0.385 e. The van der Waals surface area contributed by atoms with Crippen molar-refractivity contribution in [2.75, 3.05) is 13.2 Å². The topological polar surface area (TPSA) is 58.9 Å². The zero-order chi connectivity index (χ0) is 30.6.